The van der Waals surface area contributed by atoms with Gasteiger partial charge in [-0.2, -0.15) is 0 Å². The fourth-order valence-corrected chi connectivity index (χ4v) is 2.90. The van der Waals surface area contributed by atoms with E-state index in [0.29, 0.717) is 5.92 Å². The van der Waals surface area contributed by atoms with Crippen LogP contribution in [-0.4, -0.2) is 22.5 Å². The van der Waals surface area contributed by atoms with Gasteiger partial charge in [-0.1, -0.05) is 36.7 Å². The first-order valence-electron chi connectivity index (χ1n) is 7.90. The van der Waals surface area contributed by atoms with Gasteiger partial charge >= 0.3 is 0 Å². The van der Waals surface area contributed by atoms with E-state index in [2.05, 4.69) is 19.0 Å². The zero-order chi connectivity index (χ0) is 15.7. The molecule has 4 heteroatoms. The van der Waals surface area contributed by atoms with E-state index >= 15 is 0 Å². The van der Waals surface area contributed by atoms with Gasteiger partial charge in [-0.05, 0) is 37.8 Å². The van der Waals surface area contributed by atoms with E-state index in [9.17, 15) is 4.79 Å². The van der Waals surface area contributed by atoms with Gasteiger partial charge < -0.3 is 9.42 Å². The highest BCUT2D eigenvalue weighted by Gasteiger charge is 2.33. The molecule has 0 N–H and O–H groups in total. The minimum atomic E-state index is 0.00815. The van der Waals surface area contributed by atoms with Gasteiger partial charge in [0.25, 0.3) is 5.91 Å². The van der Waals surface area contributed by atoms with E-state index < -0.39 is 0 Å². The molecule has 1 atom stereocenters. The van der Waals surface area contributed by atoms with Crippen molar-refractivity contribution in [2.24, 2.45) is 0 Å². The van der Waals surface area contributed by atoms with Crippen molar-refractivity contribution in [1.82, 2.24) is 10.1 Å². The molecule has 3 rings (SSSR count). The van der Waals surface area contributed by atoms with E-state index in [4.69, 9.17) is 4.52 Å². The normalized spacial score (nSPS) is 18.2. The summed E-state index contributed by atoms with van der Waals surface area (Å²) in [7, 11) is 0. The molecule has 22 heavy (non-hydrogen) atoms. The van der Waals surface area contributed by atoms with Gasteiger partial charge in [-0.25, -0.2) is 0 Å². The number of aromatic nitrogens is 1. The van der Waals surface area contributed by atoms with E-state index in [0.717, 1.165) is 42.0 Å². The second kappa shape index (κ2) is 5.95. The molecule has 1 aromatic heterocycles. The van der Waals surface area contributed by atoms with Crippen molar-refractivity contribution in [3.63, 3.8) is 0 Å². The number of aryl methyl sites for hydroxylation is 1. The standard InChI is InChI=1S/C18H22N2O2/c1-12(2)15-11-17(22-19-15)16-5-4-10-20(16)18(21)14-8-6-13(3)7-9-14/h6-9,11-12,16H,4-5,10H2,1-3H3. The van der Waals surface area contributed by atoms with Crippen molar-refractivity contribution < 1.29 is 9.32 Å². The van der Waals surface area contributed by atoms with Crippen LogP contribution in [0.2, 0.25) is 0 Å². The molecule has 0 aliphatic carbocycles. The van der Waals surface area contributed by atoms with Crippen LogP contribution in [0.15, 0.2) is 34.9 Å². The fraction of sp³-hybridized carbons (Fsp3) is 0.444. The molecule has 116 valence electrons. The van der Waals surface area contributed by atoms with Crippen molar-refractivity contribution in [3.8, 4) is 0 Å². The smallest absolute Gasteiger partial charge is 0.254 e. The van der Waals surface area contributed by atoms with Crippen LogP contribution in [0, 0.1) is 6.92 Å². The highest BCUT2D eigenvalue weighted by molar-refractivity contribution is 5.94. The lowest BCUT2D eigenvalue weighted by atomic mass is 10.1. The zero-order valence-electron chi connectivity index (χ0n) is 13.4. The third kappa shape index (κ3) is 2.78. The van der Waals surface area contributed by atoms with E-state index in [1.165, 1.54) is 0 Å². The van der Waals surface area contributed by atoms with Gasteiger partial charge in [0.15, 0.2) is 5.76 Å². The summed E-state index contributed by atoms with van der Waals surface area (Å²) in [4.78, 5) is 14.7. The van der Waals surface area contributed by atoms with Gasteiger partial charge in [-0.3, -0.25) is 4.79 Å². The molecule has 0 spiro atoms. The molecule has 2 heterocycles. The first kappa shape index (κ1) is 14.8. The largest absolute Gasteiger partial charge is 0.359 e. The number of carbonyl (C=O) groups excluding carboxylic acids is 1. The Morgan fingerprint density at radius 3 is 2.68 bits per heavy atom. The fourth-order valence-electron chi connectivity index (χ4n) is 2.90. The Kier molecular flexibility index (Phi) is 4.01. The van der Waals surface area contributed by atoms with Crippen LogP contribution in [-0.2, 0) is 0 Å². The predicted molar refractivity (Wildman–Crippen MR) is 84.8 cm³/mol. The van der Waals surface area contributed by atoms with E-state index in [1.807, 2.05) is 42.2 Å². The number of amides is 1. The van der Waals surface area contributed by atoms with Crippen LogP contribution in [0.5, 0.6) is 0 Å². The van der Waals surface area contributed by atoms with E-state index in [1.54, 1.807) is 0 Å². The molecule has 1 aromatic carbocycles. The monoisotopic (exact) mass is 298 g/mol. The summed E-state index contributed by atoms with van der Waals surface area (Å²) in [5.41, 5.74) is 2.84. The van der Waals surface area contributed by atoms with Crippen LogP contribution >= 0.6 is 0 Å². The molecule has 1 aliphatic heterocycles. The Morgan fingerprint density at radius 1 is 1.32 bits per heavy atom. The molecule has 0 bridgehead atoms. The zero-order valence-corrected chi connectivity index (χ0v) is 13.4. The molecule has 0 saturated carbocycles. The molecule has 1 saturated heterocycles. The highest BCUT2D eigenvalue weighted by Crippen LogP contribution is 2.34. The Labute approximate surface area is 131 Å². The lowest BCUT2D eigenvalue weighted by Crippen LogP contribution is -2.30. The van der Waals surface area contributed by atoms with Crippen LogP contribution in [0.3, 0.4) is 0 Å². The van der Waals surface area contributed by atoms with Gasteiger partial charge in [-0.15, -0.1) is 0 Å². The van der Waals surface area contributed by atoms with Crippen molar-refractivity contribution in [3.05, 3.63) is 52.9 Å². The second-order valence-corrected chi connectivity index (χ2v) is 6.33. The maximum absolute atomic E-state index is 12.7. The lowest BCUT2D eigenvalue weighted by Gasteiger charge is -2.22. The number of rotatable bonds is 3. The molecular formula is C18H22N2O2. The third-order valence-corrected chi connectivity index (χ3v) is 4.28. The summed E-state index contributed by atoms with van der Waals surface area (Å²) < 4.78 is 5.50. The summed E-state index contributed by atoms with van der Waals surface area (Å²) in [6.45, 7) is 6.97. The molecule has 1 fully saturated rings. The topological polar surface area (TPSA) is 46.3 Å². The predicted octanol–water partition coefficient (Wildman–Crippen LogP) is 4.08. The van der Waals surface area contributed by atoms with Crippen molar-refractivity contribution in [1.29, 1.82) is 0 Å². The number of nitrogens with zero attached hydrogens (tertiary/aromatic N) is 2. The first-order valence-corrected chi connectivity index (χ1v) is 7.90. The number of hydrogen-bond donors (Lipinski definition) is 0. The molecule has 4 nitrogen and oxygen atoms in total. The summed E-state index contributed by atoms with van der Waals surface area (Å²) in [5, 5.41) is 4.13. The second-order valence-electron chi connectivity index (χ2n) is 6.33. The maximum atomic E-state index is 12.7. The van der Waals surface area contributed by atoms with Crippen LogP contribution in [0.25, 0.3) is 0 Å². The Balaban J connectivity index is 1.83. The minimum absolute atomic E-state index is 0.00815. The number of carbonyl (C=O) groups is 1. The highest BCUT2D eigenvalue weighted by atomic mass is 16.5. The lowest BCUT2D eigenvalue weighted by molar-refractivity contribution is 0.0714. The Bertz CT molecular complexity index is 658. The summed E-state index contributed by atoms with van der Waals surface area (Å²) in [6.07, 6.45) is 1.93. The molecule has 0 radical (unpaired) electrons. The number of likely N-dealkylation sites (tertiary alicyclic amines) is 1. The van der Waals surface area contributed by atoms with Crippen molar-refractivity contribution in [2.45, 2.75) is 45.6 Å². The summed E-state index contributed by atoms with van der Waals surface area (Å²) in [6, 6.07) is 9.75. The molecule has 1 aliphatic rings. The van der Waals surface area contributed by atoms with Crippen molar-refractivity contribution in [2.75, 3.05) is 6.54 Å². The number of hydrogen-bond acceptors (Lipinski definition) is 3. The Morgan fingerprint density at radius 2 is 2.05 bits per heavy atom. The molecule has 1 amide bonds. The van der Waals surface area contributed by atoms with Gasteiger partial charge in [0, 0.05) is 18.2 Å². The van der Waals surface area contributed by atoms with Crippen LogP contribution in [0.4, 0.5) is 0 Å². The summed E-state index contributed by atoms with van der Waals surface area (Å²) in [5.74, 6) is 1.21. The van der Waals surface area contributed by atoms with E-state index in [-0.39, 0.29) is 11.9 Å². The quantitative estimate of drug-likeness (QED) is 0.857. The Hall–Kier alpha value is -2.10. The van der Waals surface area contributed by atoms with Gasteiger partial charge in [0.05, 0.1) is 11.7 Å². The first-order chi connectivity index (χ1) is 10.6. The third-order valence-electron chi connectivity index (χ3n) is 4.28. The average Bonchev–Trinajstić information content (AvgIpc) is 3.16. The molecular weight excluding hydrogens is 276 g/mol. The van der Waals surface area contributed by atoms with Gasteiger partial charge in [0.1, 0.15) is 0 Å². The molecule has 1 unspecified atom stereocenters. The molecule has 2 aromatic rings. The van der Waals surface area contributed by atoms with Crippen molar-refractivity contribution >= 4 is 5.91 Å². The van der Waals surface area contributed by atoms with Gasteiger partial charge in [0.2, 0.25) is 0 Å². The minimum Gasteiger partial charge on any atom is -0.359 e. The number of benzene rings is 1. The van der Waals surface area contributed by atoms with Crippen LogP contribution in [0.1, 0.15) is 66.0 Å². The maximum Gasteiger partial charge on any atom is 0.254 e. The average molecular weight is 298 g/mol. The van der Waals surface area contributed by atoms with Crippen LogP contribution < -0.4 is 0 Å². The SMILES string of the molecule is Cc1ccc(C(=O)N2CCCC2c2cc(C(C)C)no2)cc1. The summed E-state index contributed by atoms with van der Waals surface area (Å²) >= 11 is 0.